The Morgan fingerprint density at radius 2 is 1.90 bits per heavy atom. The summed E-state index contributed by atoms with van der Waals surface area (Å²) in [5.41, 5.74) is 0.763. The van der Waals surface area contributed by atoms with E-state index in [1.807, 2.05) is 18.2 Å². The van der Waals surface area contributed by atoms with Crippen molar-refractivity contribution in [2.75, 3.05) is 6.54 Å². The van der Waals surface area contributed by atoms with Crippen molar-refractivity contribution in [3.05, 3.63) is 34.9 Å². The fraction of sp³-hybridized carbons (Fsp3) is 0.562. The Labute approximate surface area is 130 Å². The first-order chi connectivity index (χ1) is 10.1. The molecule has 1 amide bonds. The second kappa shape index (κ2) is 7.78. The lowest BCUT2D eigenvalue weighted by molar-refractivity contribution is -0.119. The van der Waals surface area contributed by atoms with Gasteiger partial charge in [-0.3, -0.25) is 4.79 Å². The first-order valence-electron chi connectivity index (χ1n) is 7.49. The van der Waals surface area contributed by atoms with Crippen molar-refractivity contribution in [2.45, 2.75) is 50.8 Å². The van der Waals surface area contributed by atoms with Crippen LogP contribution in [-0.2, 0) is 4.79 Å². The van der Waals surface area contributed by atoms with Crippen LogP contribution >= 0.6 is 11.6 Å². The van der Waals surface area contributed by atoms with E-state index in [2.05, 4.69) is 10.6 Å². The number of aliphatic hydroxyl groups is 1. The highest BCUT2D eigenvalue weighted by Gasteiger charge is 2.22. The fourth-order valence-electron chi connectivity index (χ4n) is 2.86. The van der Waals surface area contributed by atoms with Gasteiger partial charge in [-0.05, 0) is 31.7 Å². The molecule has 21 heavy (non-hydrogen) atoms. The quantitative estimate of drug-likeness (QED) is 0.782. The molecule has 0 aliphatic heterocycles. The van der Waals surface area contributed by atoms with E-state index < -0.39 is 6.10 Å². The molecule has 5 heteroatoms. The van der Waals surface area contributed by atoms with Gasteiger partial charge in [-0.25, -0.2) is 0 Å². The molecule has 1 aromatic carbocycles. The van der Waals surface area contributed by atoms with Gasteiger partial charge in [0.15, 0.2) is 0 Å². The highest BCUT2D eigenvalue weighted by atomic mass is 35.5. The molecule has 1 aromatic rings. The molecule has 0 saturated heterocycles. The van der Waals surface area contributed by atoms with E-state index in [9.17, 15) is 9.90 Å². The van der Waals surface area contributed by atoms with Gasteiger partial charge in [0.2, 0.25) is 5.91 Å². The molecule has 0 heterocycles. The Bertz CT molecular complexity index is 473. The molecule has 2 rings (SSSR count). The molecule has 1 atom stereocenters. The van der Waals surface area contributed by atoms with Crippen LogP contribution in [0, 0.1) is 0 Å². The highest BCUT2D eigenvalue weighted by molar-refractivity contribution is 6.31. The van der Waals surface area contributed by atoms with Gasteiger partial charge in [0.05, 0.1) is 6.10 Å². The van der Waals surface area contributed by atoms with Crippen molar-refractivity contribution < 1.29 is 9.90 Å². The van der Waals surface area contributed by atoms with Crippen molar-refractivity contribution in [1.29, 1.82) is 0 Å². The standard InChI is InChI=1S/C16H23ClN2O2/c1-11(20)19-13-8-6-12(7-9-13)18-10-16(21)14-4-2-3-5-15(14)17/h2-5,12-13,16,18,21H,6-10H2,1H3,(H,19,20). The van der Waals surface area contributed by atoms with Gasteiger partial charge in [-0.1, -0.05) is 29.8 Å². The van der Waals surface area contributed by atoms with E-state index in [4.69, 9.17) is 11.6 Å². The maximum absolute atomic E-state index is 11.0. The van der Waals surface area contributed by atoms with E-state index >= 15 is 0 Å². The summed E-state index contributed by atoms with van der Waals surface area (Å²) in [5.74, 6) is 0.0422. The summed E-state index contributed by atoms with van der Waals surface area (Å²) in [7, 11) is 0. The number of amides is 1. The summed E-state index contributed by atoms with van der Waals surface area (Å²) < 4.78 is 0. The third-order valence-electron chi connectivity index (χ3n) is 4.00. The van der Waals surface area contributed by atoms with Crippen LogP contribution in [0.4, 0.5) is 0 Å². The average Bonchev–Trinajstić information content (AvgIpc) is 2.46. The minimum absolute atomic E-state index is 0.0422. The van der Waals surface area contributed by atoms with Crippen molar-refractivity contribution in [3.8, 4) is 0 Å². The van der Waals surface area contributed by atoms with E-state index in [0.717, 1.165) is 31.2 Å². The second-order valence-electron chi connectivity index (χ2n) is 5.69. The molecule has 1 fully saturated rings. The third kappa shape index (κ3) is 4.99. The van der Waals surface area contributed by atoms with Gasteiger partial charge in [-0.2, -0.15) is 0 Å². The van der Waals surface area contributed by atoms with Gasteiger partial charge < -0.3 is 15.7 Å². The van der Waals surface area contributed by atoms with Crippen molar-refractivity contribution in [1.82, 2.24) is 10.6 Å². The van der Waals surface area contributed by atoms with Gasteiger partial charge in [0, 0.05) is 36.1 Å². The summed E-state index contributed by atoms with van der Waals surface area (Å²) >= 11 is 6.08. The Morgan fingerprint density at radius 1 is 1.29 bits per heavy atom. The third-order valence-corrected chi connectivity index (χ3v) is 4.34. The van der Waals surface area contributed by atoms with E-state index in [-0.39, 0.29) is 5.91 Å². The zero-order chi connectivity index (χ0) is 15.2. The van der Waals surface area contributed by atoms with Crippen molar-refractivity contribution in [3.63, 3.8) is 0 Å². The Balaban J connectivity index is 1.75. The van der Waals surface area contributed by atoms with E-state index in [1.165, 1.54) is 0 Å². The van der Waals surface area contributed by atoms with Crippen LogP contribution < -0.4 is 10.6 Å². The maximum atomic E-state index is 11.0. The van der Waals surface area contributed by atoms with Gasteiger partial charge in [0.25, 0.3) is 0 Å². The Kier molecular flexibility index (Phi) is 6.03. The van der Waals surface area contributed by atoms with Crippen molar-refractivity contribution in [2.24, 2.45) is 0 Å². The molecule has 116 valence electrons. The largest absolute Gasteiger partial charge is 0.387 e. The molecule has 0 aromatic heterocycles. The first-order valence-corrected chi connectivity index (χ1v) is 7.87. The minimum Gasteiger partial charge on any atom is -0.387 e. The molecule has 1 unspecified atom stereocenters. The lowest BCUT2D eigenvalue weighted by atomic mass is 9.91. The monoisotopic (exact) mass is 310 g/mol. The predicted octanol–water partition coefficient (Wildman–Crippen LogP) is 2.41. The number of hydrogen-bond acceptors (Lipinski definition) is 3. The highest BCUT2D eigenvalue weighted by Crippen LogP contribution is 2.23. The van der Waals surface area contributed by atoms with Crippen LogP contribution in [0.3, 0.4) is 0 Å². The number of halogens is 1. The lowest BCUT2D eigenvalue weighted by Gasteiger charge is -2.30. The second-order valence-corrected chi connectivity index (χ2v) is 6.10. The number of benzene rings is 1. The normalized spacial score (nSPS) is 23.6. The number of hydrogen-bond donors (Lipinski definition) is 3. The molecule has 4 nitrogen and oxygen atoms in total. The molecule has 3 N–H and O–H groups in total. The molecule has 1 aliphatic carbocycles. The lowest BCUT2D eigenvalue weighted by Crippen LogP contribution is -2.42. The van der Waals surface area contributed by atoms with Crippen LogP contribution in [0.15, 0.2) is 24.3 Å². The van der Waals surface area contributed by atoms with E-state index in [1.54, 1.807) is 13.0 Å². The Morgan fingerprint density at radius 3 is 2.52 bits per heavy atom. The van der Waals surface area contributed by atoms with Crippen LogP contribution in [0.2, 0.25) is 5.02 Å². The minimum atomic E-state index is -0.591. The molecular weight excluding hydrogens is 288 g/mol. The summed E-state index contributed by atoms with van der Waals surface area (Å²) in [6, 6.07) is 8.07. The zero-order valence-electron chi connectivity index (χ0n) is 12.3. The van der Waals surface area contributed by atoms with Crippen molar-refractivity contribution >= 4 is 17.5 Å². The van der Waals surface area contributed by atoms with Crippen LogP contribution in [0.5, 0.6) is 0 Å². The number of aliphatic hydroxyl groups excluding tert-OH is 1. The Hall–Kier alpha value is -1.10. The molecule has 1 aliphatic rings. The summed E-state index contributed by atoms with van der Waals surface area (Å²) in [6.07, 6.45) is 3.41. The molecular formula is C16H23ClN2O2. The molecule has 1 saturated carbocycles. The fourth-order valence-corrected chi connectivity index (χ4v) is 3.12. The number of carbonyl (C=O) groups is 1. The topological polar surface area (TPSA) is 61.4 Å². The average molecular weight is 311 g/mol. The predicted molar refractivity (Wildman–Crippen MR) is 84.3 cm³/mol. The summed E-state index contributed by atoms with van der Waals surface area (Å²) in [4.78, 5) is 11.0. The maximum Gasteiger partial charge on any atom is 0.217 e. The summed E-state index contributed by atoms with van der Waals surface area (Å²) in [6.45, 7) is 2.06. The van der Waals surface area contributed by atoms with Crippen LogP contribution in [-0.4, -0.2) is 29.6 Å². The number of nitrogens with one attached hydrogen (secondary N) is 2. The van der Waals surface area contributed by atoms with E-state index in [0.29, 0.717) is 23.7 Å². The number of rotatable bonds is 5. The van der Waals surface area contributed by atoms with Gasteiger partial charge >= 0.3 is 0 Å². The van der Waals surface area contributed by atoms with Gasteiger partial charge in [0.1, 0.15) is 0 Å². The summed E-state index contributed by atoms with van der Waals surface area (Å²) in [5, 5.41) is 17.2. The molecule has 0 spiro atoms. The van der Waals surface area contributed by atoms with Crippen LogP contribution in [0.25, 0.3) is 0 Å². The smallest absolute Gasteiger partial charge is 0.217 e. The zero-order valence-corrected chi connectivity index (χ0v) is 13.1. The number of carbonyl (C=O) groups excluding carboxylic acids is 1. The SMILES string of the molecule is CC(=O)NC1CCC(NCC(O)c2ccccc2Cl)CC1. The molecule has 0 bridgehead atoms. The van der Waals surface area contributed by atoms with Crippen LogP contribution in [0.1, 0.15) is 44.3 Å². The molecule has 0 radical (unpaired) electrons. The van der Waals surface area contributed by atoms with Gasteiger partial charge in [-0.15, -0.1) is 0 Å². The first kappa shape index (κ1) is 16.3.